The summed E-state index contributed by atoms with van der Waals surface area (Å²) in [4.78, 5) is 0.240. The molecular weight excluding hydrogens is 228 g/mol. The van der Waals surface area contributed by atoms with Crippen molar-refractivity contribution in [1.29, 1.82) is 0 Å². The molecule has 0 spiro atoms. The molecule has 0 bridgehead atoms. The van der Waals surface area contributed by atoms with Crippen molar-refractivity contribution in [2.75, 3.05) is 13.1 Å². The van der Waals surface area contributed by atoms with E-state index in [-0.39, 0.29) is 10.9 Å². The van der Waals surface area contributed by atoms with Gasteiger partial charge in [0.05, 0.1) is 6.20 Å². The lowest BCUT2D eigenvalue weighted by molar-refractivity contribution is 0.316. The van der Waals surface area contributed by atoms with Crippen molar-refractivity contribution in [2.45, 2.75) is 23.8 Å². The Labute approximate surface area is 95.1 Å². The Morgan fingerprint density at radius 3 is 2.88 bits per heavy atom. The second-order valence-electron chi connectivity index (χ2n) is 4.12. The van der Waals surface area contributed by atoms with Crippen LogP contribution >= 0.6 is 0 Å². The zero-order valence-electron chi connectivity index (χ0n) is 9.20. The zero-order valence-corrected chi connectivity index (χ0v) is 10.0. The van der Waals surface area contributed by atoms with Crippen molar-refractivity contribution >= 4 is 10.0 Å². The maximum atomic E-state index is 12.2. The second kappa shape index (κ2) is 4.15. The summed E-state index contributed by atoms with van der Waals surface area (Å²) < 4.78 is 27.3. The molecule has 0 radical (unpaired) electrons. The summed E-state index contributed by atoms with van der Waals surface area (Å²) >= 11 is 0. The Balaban J connectivity index is 2.25. The van der Waals surface area contributed by atoms with Crippen molar-refractivity contribution in [3.05, 3.63) is 12.4 Å². The molecule has 1 atom stereocenters. The number of sulfonamides is 1. The molecule has 0 saturated carbocycles. The van der Waals surface area contributed by atoms with Crippen molar-refractivity contribution in [3.8, 4) is 0 Å². The largest absolute Gasteiger partial charge is 0.327 e. The Kier molecular flexibility index (Phi) is 3.00. The lowest BCUT2D eigenvalue weighted by Crippen LogP contribution is -2.45. The molecule has 1 saturated heterocycles. The molecule has 90 valence electrons. The van der Waals surface area contributed by atoms with Gasteiger partial charge in [0.15, 0.2) is 0 Å². The van der Waals surface area contributed by atoms with Crippen LogP contribution in [0.15, 0.2) is 17.3 Å². The minimum atomic E-state index is -3.40. The maximum absolute atomic E-state index is 12.2. The van der Waals surface area contributed by atoms with Crippen LogP contribution in [-0.2, 0) is 17.1 Å². The van der Waals surface area contributed by atoms with Gasteiger partial charge in [-0.1, -0.05) is 0 Å². The maximum Gasteiger partial charge on any atom is 0.246 e. The third-order valence-corrected chi connectivity index (χ3v) is 4.56. The molecule has 0 amide bonds. The average Bonchev–Trinajstić information content (AvgIpc) is 2.65. The predicted molar refractivity (Wildman–Crippen MR) is 59.2 cm³/mol. The molecule has 1 aliphatic heterocycles. The molecule has 2 rings (SSSR count). The molecule has 1 aliphatic rings. The van der Waals surface area contributed by atoms with Crippen molar-refractivity contribution in [3.63, 3.8) is 0 Å². The molecule has 16 heavy (non-hydrogen) atoms. The second-order valence-corrected chi connectivity index (χ2v) is 6.05. The number of piperidine rings is 1. The summed E-state index contributed by atoms with van der Waals surface area (Å²) in [6.45, 7) is 0.947. The molecule has 0 aromatic carbocycles. The Morgan fingerprint density at radius 2 is 2.31 bits per heavy atom. The van der Waals surface area contributed by atoms with Crippen LogP contribution in [0.25, 0.3) is 0 Å². The Hall–Kier alpha value is -0.920. The highest BCUT2D eigenvalue weighted by molar-refractivity contribution is 7.89. The van der Waals surface area contributed by atoms with Gasteiger partial charge >= 0.3 is 0 Å². The first-order chi connectivity index (χ1) is 7.50. The monoisotopic (exact) mass is 244 g/mol. The van der Waals surface area contributed by atoms with E-state index in [0.717, 1.165) is 12.8 Å². The minimum absolute atomic E-state index is 0.0554. The highest BCUT2D eigenvalue weighted by Gasteiger charge is 2.29. The van der Waals surface area contributed by atoms with Crippen LogP contribution < -0.4 is 5.73 Å². The van der Waals surface area contributed by atoms with Crippen LogP contribution in [0.1, 0.15) is 12.8 Å². The first kappa shape index (κ1) is 11.6. The minimum Gasteiger partial charge on any atom is -0.327 e. The van der Waals surface area contributed by atoms with Crippen LogP contribution in [0.3, 0.4) is 0 Å². The third kappa shape index (κ3) is 2.11. The first-order valence-electron chi connectivity index (χ1n) is 5.24. The van der Waals surface area contributed by atoms with Gasteiger partial charge in [-0.25, -0.2) is 8.42 Å². The van der Waals surface area contributed by atoms with E-state index in [4.69, 9.17) is 5.73 Å². The molecular formula is C9H16N4O2S. The summed E-state index contributed by atoms with van der Waals surface area (Å²) in [6.07, 6.45) is 4.59. The SMILES string of the molecule is Cn1cc(S(=O)(=O)N2CCCC(N)C2)cn1. The lowest BCUT2D eigenvalue weighted by Gasteiger charge is -2.29. The van der Waals surface area contributed by atoms with E-state index < -0.39 is 10.0 Å². The van der Waals surface area contributed by atoms with Gasteiger partial charge in [-0.3, -0.25) is 4.68 Å². The van der Waals surface area contributed by atoms with E-state index >= 15 is 0 Å². The third-order valence-electron chi connectivity index (χ3n) is 2.74. The number of aromatic nitrogens is 2. The number of nitrogens with two attached hydrogens (primary N) is 1. The number of hydrogen-bond acceptors (Lipinski definition) is 4. The van der Waals surface area contributed by atoms with Crippen LogP contribution in [-0.4, -0.2) is 41.6 Å². The smallest absolute Gasteiger partial charge is 0.246 e. The van der Waals surface area contributed by atoms with E-state index in [1.54, 1.807) is 7.05 Å². The lowest BCUT2D eigenvalue weighted by atomic mass is 10.1. The van der Waals surface area contributed by atoms with E-state index in [0.29, 0.717) is 13.1 Å². The molecule has 0 aliphatic carbocycles. The highest BCUT2D eigenvalue weighted by Crippen LogP contribution is 2.19. The topological polar surface area (TPSA) is 81.2 Å². The van der Waals surface area contributed by atoms with Gasteiger partial charge < -0.3 is 5.73 Å². The van der Waals surface area contributed by atoms with E-state index in [9.17, 15) is 8.42 Å². The summed E-state index contributed by atoms with van der Waals surface area (Å²) in [6, 6.07) is -0.0554. The summed E-state index contributed by atoms with van der Waals surface area (Å²) in [5, 5.41) is 3.88. The van der Waals surface area contributed by atoms with Crippen LogP contribution in [0, 0.1) is 0 Å². The van der Waals surface area contributed by atoms with Crippen LogP contribution in [0.2, 0.25) is 0 Å². The van der Waals surface area contributed by atoms with Gasteiger partial charge in [-0.15, -0.1) is 0 Å². The normalized spacial score (nSPS) is 23.5. The fourth-order valence-electron chi connectivity index (χ4n) is 1.87. The summed E-state index contributed by atoms with van der Waals surface area (Å²) in [7, 11) is -1.71. The molecule has 2 N–H and O–H groups in total. The molecule has 2 heterocycles. The van der Waals surface area contributed by atoms with Crippen LogP contribution in [0.5, 0.6) is 0 Å². The van der Waals surface area contributed by atoms with Gasteiger partial charge in [-0.05, 0) is 12.8 Å². The standard InChI is InChI=1S/C9H16N4O2S/c1-12-7-9(5-11-12)16(14,15)13-4-2-3-8(10)6-13/h5,7-8H,2-4,6,10H2,1H3. The zero-order chi connectivity index (χ0) is 11.8. The molecule has 1 aromatic heterocycles. The van der Waals surface area contributed by atoms with Crippen LogP contribution in [0.4, 0.5) is 0 Å². The average molecular weight is 244 g/mol. The van der Waals surface area contributed by atoms with Gasteiger partial charge in [0.2, 0.25) is 10.0 Å². The van der Waals surface area contributed by atoms with E-state index in [2.05, 4.69) is 5.10 Å². The molecule has 1 unspecified atom stereocenters. The Morgan fingerprint density at radius 1 is 1.56 bits per heavy atom. The fourth-order valence-corrected chi connectivity index (χ4v) is 3.39. The fraction of sp³-hybridized carbons (Fsp3) is 0.667. The predicted octanol–water partition coefficient (Wildman–Crippen LogP) is -0.468. The molecule has 1 aromatic rings. The number of hydrogen-bond donors (Lipinski definition) is 1. The van der Waals surface area contributed by atoms with Gasteiger partial charge in [0.1, 0.15) is 4.90 Å². The molecule has 7 heteroatoms. The Bertz CT molecular complexity index is 468. The number of nitrogens with zero attached hydrogens (tertiary/aromatic N) is 3. The van der Waals surface area contributed by atoms with Gasteiger partial charge in [0, 0.05) is 32.4 Å². The summed E-state index contributed by atoms with van der Waals surface area (Å²) in [5.74, 6) is 0. The van der Waals surface area contributed by atoms with E-state index in [1.165, 1.54) is 21.4 Å². The number of rotatable bonds is 2. The highest BCUT2D eigenvalue weighted by atomic mass is 32.2. The van der Waals surface area contributed by atoms with E-state index in [1.807, 2.05) is 0 Å². The summed E-state index contributed by atoms with van der Waals surface area (Å²) in [5.41, 5.74) is 5.78. The van der Waals surface area contributed by atoms with Crippen molar-refractivity contribution < 1.29 is 8.42 Å². The van der Waals surface area contributed by atoms with Crippen molar-refractivity contribution in [1.82, 2.24) is 14.1 Å². The van der Waals surface area contributed by atoms with Gasteiger partial charge in [0.25, 0.3) is 0 Å². The van der Waals surface area contributed by atoms with Crippen molar-refractivity contribution in [2.24, 2.45) is 12.8 Å². The first-order valence-corrected chi connectivity index (χ1v) is 6.68. The van der Waals surface area contributed by atoms with Gasteiger partial charge in [-0.2, -0.15) is 9.40 Å². The number of aryl methyl sites for hydroxylation is 1. The molecule has 1 fully saturated rings. The molecule has 6 nitrogen and oxygen atoms in total. The quantitative estimate of drug-likeness (QED) is 0.762.